The molecule has 5 unspecified atom stereocenters. The summed E-state index contributed by atoms with van der Waals surface area (Å²) in [6, 6.07) is -1.51. The van der Waals surface area contributed by atoms with Crippen molar-refractivity contribution in [1.82, 2.24) is 30.2 Å². The van der Waals surface area contributed by atoms with E-state index in [9.17, 15) is 38.7 Å². The molecule has 2 aromatic heterocycles. The molecular weight excluding hydrogens is 592 g/mol. The SMILES string of the molecule is CCNC(=O)Nc1ncnc2c1ncn2[C@@H]1O[C@H](COP(=O)([O-])OP(=O)([O-])CC2CCNC(C(=O)O)C2)C(O)[C@@H]1O. The molecule has 0 radical (unpaired) electrons. The van der Waals surface area contributed by atoms with Crippen molar-refractivity contribution < 1.29 is 57.4 Å². The second-order valence-corrected chi connectivity index (χ2v) is 12.8. The molecule has 6 N–H and O–H groups in total. The number of anilines is 1. The first-order chi connectivity index (χ1) is 19.3. The van der Waals surface area contributed by atoms with Crippen molar-refractivity contribution >= 4 is 44.4 Å². The van der Waals surface area contributed by atoms with Gasteiger partial charge in [0.15, 0.2) is 23.2 Å². The van der Waals surface area contributed by atoms with E-state index in [-0.39, 0.29) is 29.9 Å². The molecule has 4 rings (SSSR count). The van der Waals surface area contributed by atoms with Crippen LogP contribution in [0.2, 0.25) is 0 Å². The van der Waals surface area contributed by atoms with E-state index in [2.05, 4.69) is 39.7 Å². The molecule has 41 heavy (non-hydrogen) atoms. The molecule has 0 bridgehead atoms. The molecule has 2 saturated heterocycles. The number of hydrogen-bond donors (Lipinski definition) is 6. The number of carboxylic acid groups (broad SMARTS) is 1. The Morgan fingerprint density at radius 1 is 1.24 bits per heavy atom. The van der Waals surface area contributed by atoms with Gasteiger partial charge in [0.25, 0.3) is 7.82 Å². The molecule has 19 nitrogen and oxygen atoms in total. The monoisotopic (exact) mass is 621 g/mol. The predicted molar refractivity (Wildman–Crippen MR) is 133 cm³/mol. The molecule has 228 valence electrons. The van der Waals surface area contributed by atoms with Crippen molar-refractivity contribution in [1.29, 1.82) is 0 Å². The van der Waals surface area contributed by atoms with Crippen molar-refractivity contribution in [3.63, 3.8) is 0 Å². The average molecular weight is 621 g/mol. The molecule has 21 heteroatoms. The number of nitrogens with zero attached hydrogens (tertiary/aromatic N) is 4. The van der Waals surface area contributed by atoms with Gasteiger partial charge in [-0.2, -0.15) is 0 Å². The van der Waals surface area contributed by atoms with Gasteiger partial charge in [-0.15, -0.1) is 0 Å². The Kier molecular flexibility index (Phi) is 9.75. The summed E-state index contributed by atoms with van der Waals surface area (Å²) < 4.78 is 40.5. The molecule has 8 atom stereocenters. The fourth-order valence-corrected chi connectivity index (χ4v) is 7.55. The van der Waals surface area contributed by atoms with Gasteiger partial charge in [0, 0.05) is 12.7 Å². The van der Waals surface area contributed by atoms with Crippen LogP contribution in [0.15, 0.2) is 12.7 Å². The first-order valence-electron chi connectivity index (χ1n) is 12.5. The molecule has 0 spiro atoms. The third-order valence-corrected chi connectivity index (χ3v) is 9.68. The van der Waals surface area contributed by atoms with Crippen LogP contribution in [0.25, 0.3) is 11.2 Å². The van der Waals surface area contributed by atoms with Crippen LogP contribution in [0.1, 0.15) is 26.0 Å². The van der Waals surface area contributed by atoms with E-state index in [1.54, 1.807) is 6.92 Å². The van der Waals surface area contributed by atoms with Gasteiger partial charge >= 0.3 is 12.0 Å². The first-order valence-corrected chi connectivity index (χ1v) is 15.7. The number of imidazole rings is 1. The molecule has 0 aliphatic carbocycles. The Balaban J connectivity index is 1.38. The Labute approximate surface area is 232 Å². The smallest absolute Gasteiger partial charge is 0.320 e. The highest BCUT2D eigenvalue weighted by Gasteiger charge is 2.45. The van der Waals surface area contributed by atoms with Crippen LogP contribution in [0, 0.1) is 5.92 Å². The number of nitrogens with one attached hydrogen (secondary N) is 3. The largest absolute Gasteiger partial charge is 0.778 e. The lowest BCUT2D eigenvalue weighted by atomic mass is 9.94. The van der Waals surface area contributed by atoms with Gasteiger partial charge in [0.2, 0.25) is 0 Å². The fraction of sp³-hybridized carbons (Fsp3) is 0.650. The van der Waals surface area contributed by atoms with Gasteiger partial charge in [0.05, 0.1) is 12.9 Å². The number of aliphatic hydroxyl groups is 2. The zero-order valence-corrected chi connectivity index (χ0v) is 23.3. The van der Waals surface area contributed by atoms with E-state index >= 15 is 0 Å². The Bertz CT molecular complexity index is 1360. The highest BCUT2D eigenvalue weighted by Crippen LogP contribution is 2.56. The predicted octanol–water partition coefficient (Wildman–Crippen LogP) is -1.91. The number of aromatic nitrogens is 4. The van der Waals surface area contributed by atoms with Gasteiger partial charge in [-0.1, -0.05) is 0 Å². The molecule has 2 aromatic rings. The third-order valence-electron chi connectivity index (χ3n) is 6.45. The summed E-state index contributed by atoms with van der Waals surface area (Å²) >= 11 is 0. The summed E-state index contributed by atoms with van der Waals surface area (Å²) in [5.74, 6) is -1.75. The number of fused-ring (bicyclic) bond motifs is 1. The van der Waals surface area contributed by atoms with Crippen molar-refractivity contribution in [2.24, 2.45) is 5.92 Å². The van der Waals surface area contributed by atoms with E-state index in [1.165, 1.54) is 10.9 Å². The van der Waals surface area contributed by atoms with Crippen molar-refractivity contribution in [2.45, 2.75) is 50.3 Å². The van der Waals surface area contributed by atoms with Gasteiger partial charge in [-0.05, 0) is 32.2 Å². The first kappa shape index (κ1) is 31.4. The minimum atomic E-state index is -5.48. The van der Waals surface area contributed by atoms with Gasteiger partial charge in [-0.25, -0.2) is 19.7 Å². The normalized spacial score (nSPS) is 29.5. The maximum atomic E-state index is 12.4. The number of aliphatic hydroxyl groups excluding tert-OH is 2. The lowest BCUT2D eigenvalue weighted by molar-refractivity contribution is -0.234. The number of carbonyl (C=O) groups is 2. The van der Waals surface area contributed by atoms with Crippen molar-refractivity contribution in [3.8, 4) is 0 Å². The third kappa shape index (κ3) is 7.64. The molecular formula is C20H29N7O12P2-2. The van der Waals surface area contributed by atoms with Crippen LogP contribution in [-0.2, 0) is 27.5 Å². The van der Waals surface area contributed by atoms with E-state index in [0.717, 1.165) is 6.33 Å². The quantitative estimate of drug-likeness (QED) is 0.149. The van der Waals surface area contributed by atoms with E-state index in [4.69, 9.17) is 9.84 Å². The number of rotatable bonds is 11. The zero-order valence-electron chi connectivity index (χ0n) is 21.6. The fourth-order valence-electron chi connectivity index (χ4n) is 4.58. The number of ether oxygens (including phenoxy) is 1. The van der Waals surface area contributed by atoms with E-state index < -0.39 is 76.7 Å². The highest BCUT2D eigenvalue weighted by molar-refractivity contribution is 7.62. The summed E-state index contributed by atoms with van der Waals surface area (Å²) in [6.45, 7) is 1.41. The summed E-state index contributed by atoms with van der Waals surface area (Å²) in [5.41, 5.74) is 0.244. The lowest BCUT2D eigenvalue weighted by Crippen LogP contribution is -2.44. The molecule has 4 heterocycles. The van der Waals surface area contributed by atoms with Crippen LogP contribution in [0.3, 0.4) is 0 Å². The minimum Gasteiger partial charge on any atom is -0.778 e. The number of carboxylic acids is 1. The molecule has 2 fully saturated rings. The molecule has 2 aliphatic rings. The number of amides is 2. The second-order valence-electron chi connectivity index (χ2n) is 9.43. The highest BCUT2D eigenvalue weighted by atomic mass is 31.3. The number of urea groups is 1. The van der Waals surface area contributed by atoms with Crippen LogP contribution in [0.4, 0.5) is 10.6 Å². The standard InChI is InChI=1S/C20H31N7O12P2/c1-2-21-20(32)26-16-13-17(24-8-23-16)27(9-25-13)18-15(29)14(28)12(38-18)6-37-41(35,36)39-40(33,34)7-10-3-4-22-11(5-10)19(30)31/h8-12,14-15,18,22,28-29H,2-7H2,1H3,(H,30,31)(H,33,34)(H,35,36)(H2,21,23,24,26,32)/p-2/t10?,11?,12-,14?,15+,18-/m1/s1. The number of carbonyl (C=O) groups excluding carboxylic acids is 1. The zero-order chi connectivity index (χ0) is 29.9. The number of hydrogen-bond acceptors (Lipinski definition) is 15. The maximum Gasteiger partial charge on any atom is 0.320 e. The Morgan fingerprint density at radius 2 is 2.00 bits per heavy atom. The van der Waals surface area contributed by atoms with Gasteiger partial charge < -0.3 is 49.6 Å². The molecule has 0 saturated carbocycles. The van der Waals surface area contributed by atoms with Crippen LogP contribution >= 0.6 is 15.4 Å². The van der Waals surface area contributed by atoms with Gasteiger partial charge in [-0.3, -0.25) is 23.6 Å². The number of phosphoric ester groups is 1. The summed E-state index contributed by atoms with van der Waals surface area (Å²) in [6.07, 6.45) is -4.19. The summed E-state index contributed by atoms with van der Waals surface area (Å²) in [4.78, 5) is 59.9. The molecule has 2 amide bonds. The topological polar surface area (TPSA) is 282 Å². The second kappa shape index (κ2) is 12.7. The van der Waals surface area contributed by atoms with Crippen LogP contribution < -0.4 is 25.7 Å². The average Bonchev–Trinajstić information content (AvgIpc) is 3.43. The van der Waals surface area contributed by atoms with Gasteiger partial charge in [0.1, 0.15) is 38.3 Å². The van der Waals surface area contributed by atoms with E-state index in [0.29, 0.717) is 13.0 Å². The van der Waals surface area contributed by atoms with E-state index in [1.807, 2.05) is 0 Å². The van der Waals surface area contributed by atoms with Crippen molar-refractivity contribution in [2.75, 3.05) is 31.2 Å². The summed E-state index contributed by atoms with van der Waals surface area (Å²) in [5, 5.41) is 37.9. The number of aliphatic carboxylic acids is 1. The van der Waals surface area contributed by atoms with Crippen LogP contribution in [0.5, 0.6) is 0 Å². The molecule has 2 aliphatic heterocycles. The summed E-state index contributed by atoms with van der Waals surface area (Å²) in [7, 11) is -10.5. The van der Waals surface area contributed by atoms with Crippen LogP contribution in [-0.4, -0.2) is 97.1 Å². The number of phosphoric acid groups is 1. The lowest BCUT2D eigenvalue weighted by Gasteiger charge is -2.36. The van der Waals surface area contributed by atoms with Crippen molar-refractivity contribution in [3.05, 3.63) is 12.7 Å². The minimum absolute atomic E-state index is 0.0341. The number of piperidine rings is 1. The molecule has 0 aromatic carbocycles. The Morgan fingerprint density at radius 3 is 2.71 bits per heavy atom. The Hall–Kier alpha value is -2.57. The maximum absolute atomic E-state index is 12.4.